The van der Waals surface area contributed by atoms with Gasteiger partial charge in [-0.1, -0.05) is 13.8 Å². The van der Waals surface area contributed by atoms with E-state index in [2.05, 4.69) is 50.9 Å². The lowest BCUT2D eigenvalue weighted by Crippen LogP contribution is -2.21. The molecule has 0 unspecified atom stereocenters. The van der Waals surface area contributed by atoms with E-state index in [0.29, 0.717) is 5.92 Å². The van der Waals surface area contributed by atoms with Gasteiger partial charge in [0.15, 0.2) is 0 Å². The molecule has 0 spiro atoms. The van der Waals surface area contributed by atoms with Crippen molar-refractivity contribution >= 4 is 17.2 Å². The maximum Gasteiger partial charge on any atom is 0.147 e. The second-order valence-corrected chi connectivity index (χ2v) is 6.16. The van der Waals surface area contributed by atoms with Gasteiger partial charge in [0.2, 0.25) is 0 Å². The average Bonchev–Trinajstić information content (AvgIpc) is 2.92. The first kappa shape index (κ1) is 14.9. The molecule has 1 N–H and O–H groups in total. The lowest BCUT2D eigenvalue weighted by molar-refractivity contribution is 0.547. The highest BCUT2D eigenvalue weighted by Crippen LogP contribution is 2.13. The van der Waals surface area contributed by atoms with E-state index in [1.807, 2.05) is 19.4 Å². The van der Waals surface area contributed by atoms with Crippen molar-refractivity contribution in [3.8, 4) is 0 Å². The number of thiophene rings is 1. The molecular weight excluding hydrogens is 268 g/mol. The van der Waals surface area contributed by atoms with Crippen LogP contribution in [0.15, 0.2) is 29.2 Å². The summed E-state index contributed by atoms with van der Waals surface area (Å²) < 4.78 is 0. The molecule has 0 saturated heterocycles. The minimum absolute atomic E-state index is 0.652. The minimum atomic E-state index is 0.652. The molecule has 5 heteroatoms. The normalized spacial score (nSPS) is 11.0. The van der Waals surface area contributed by atoms with Gasteiger partial charge in [0.1, 0.15) is 5.82 Å². The van der Waals surface area contributed by atoms with Gasteiger partial charge < -0.3 is 10.2 Å². The predicted octanol–water partition coefficient (Wildman–Crippen LogP) is 2.92. The maximum atomic E-state index is 4.48. The lowest BCUT2D eigenvalue weighted by Gasteiger charge is -2.17. The van der Waals surface area contributed by atoms with Crippen molar-refractivity contribution in [2.45, 2.75) is 26.9 Å². The molecule has 0 aliphatic carbocycles. The molecule has 0 atom stereocenters. The molecule has 0 aliphatic rings. The van der Waals surface area contributed by atoms with Crippen LogP contribution in [0, 0.1) is 5.92 Å². The van der Waals surface area contributed by atoms with E-state index in [9.17, 15) is 0 Å². The first-order valence-electron chi connectivity index (χ1n) is 6.89. The SMILES string of the molecule is CC(C)CNCc1cnc(N(C)Cc2ccsc2)cn1. The van der Waals surface area contributed by atoms with Crippen LogP contribution in [0.1, 0.15) is 25.1 Å². The smallest absolute Gasteiger partial charge is 0.147 e. The summed E-state index contributed by atoms with van der Waals surface area (Å²) in [7, 11) is 2.04. The standard InChI is InChI=1S/C15H22N4S/c1-12(2)6-16-7-14-8-18-15(9-17-14)19(3)10-13-4-5-20-11-13/h4-5,8-9,11-12,16H,6-7,10H2,1-3H3. The van der Waals surface area contributed by atoms with Crippen LogP contribution in [0.2, 0.25) is 0 Å². The molecule has 0 radical (unpaired) electrons. The summed E-state index contributed by atoms with van der Waals surface area (Å²) in [6.45, 7) is 7.03. The van der Waals surface area contributed by atoms with Crippen LogP contribution in [-0.4, -0.2) is 23.6 Å². The summed E-state index contributed by atoms with van der Waals surface area (Å²) in [4.78, 5) is 11.1. The van der Waals surface area contributed by atoms with Gasteiger partial charge in [-0.3, -0.25) is 4.98 Å². The van der Waals surface area contributed by atoms with Crippen LogP contribution < -0.4 is 10.2 Å². The van der Waals surface area contributed by atoms with Crippen LogP contribution in [0.25, 0.3) is 0 Å². The molecular formula is C15H22N4S. The quantitative estimate of drug-likeness (QED) is 0.851. The van der Waals surface area contributed by atoms with Crippen LogP contribution in [0.4, 0.5) is 5.82 Å². The maximum absolute atomic E-state index is 4.48. The highest BCUT2D eigenvalue weighted by atomic mass is 32.1. The molecule has 2 rings (SSSR count). The van der Waals surface area contributed by atoms with Crippen molar-refractivity contribution in [3.63, 3.8) is 0 Å². The average molecular weight is 290 g/mol. The summed E-state index contributed by atoms with van der Waals surface area (Å²) in [5.74, 6) is 1.56. The number of hydrogen-bond donors (Lipinski definition) is 1. The van der Waals surface area contributed by atoms with Crippen molar-refractivity contribution < 1.29 is 0 Å². The number of nitrogens with one attached hydrogen (secondary N) is 1. The van der Waals surface area contributed by atoms with Crippen molar-refractivity contribution in [2.24, 2.45) is 5.92 Å². The predicted molar refractivity (Wildman–Crippen MR) is 85.0 cm³/mol. The van der Waals surface area contributed by atoms with Gasteiger partial charge in [-0.2, -0.15) is 11.3 Å². The summed E-state index contributed by atoms with van der Waals surface area (Å²) in [5.41, 5.74) is 2.29. The highest BCUT2D eigenvalue weighted by Gasteiger charge is 2.05. The minimum Gasteiger partial charge on any atom is -0.354 e. The highest BCUT2D eigenvalue weighted by molar-refractivity contribution is 7.07. The number of nitrogens with zero attached hydrogens (tertiary/aromatic N) is 3. The van der Waals surface area contributed by atoms with E-state index in [1.54, 1.807) is 11.3 Å². The van der Waals surface area contributed by atoms with Crippen molar-refractivity contribution in [3.05, 3.63) is 40.5 Å². The Morgan fingerprint density at radius 1 is 1.30 bits per heavy atom. The molecule has 20 heavy (non-hydrogen) atoms. The fraction of sp³-hybridized carbons (Fsp3) is 0.467. The van der Waals surface area contributed by atoms with Gasteiger partial charge in [-0.25, -0.2) is 4.98 Å². The Balaban J connectivity index is 1.87. The number of aromatic nitrogens is 2. The van der Waals surface area contributed by atoms with E-state index in [0.717, 1.165) is 31.1 Å². The van der Waals surface area contributed by atoms with E-state index in [1.165, 1.54) is 5.56 Å². The Hall–Kier alpha value is -1.46. The van der Waals surface area contributed by atoms with Gasteiger partial charge in [0, 0.05) is 20.1 Å². The molecule has 0 aliphatic heterocycles. The fourth-order valence-corrected chi connectivity index (χ4v) is 2.52. The van der Waals surface area contributed by atoms with E-state index in [-0.39, 0.29) is 0 Å². The van der Waals surface area contributed by atoms with Gasteiger partial charge >= 0.3 is 0 Å². The lowest BCUT2D eigenvalue weighted by atomic mass is 10.2. The topological polar surface area (TPSA) is 41.1 Å². The largest absolute Gasteiger partial charge is 0.354 e. The second kappa shape index (κ2) is 7.36. The van der Waals surface area contributed by atoms with Crippen LogP contribution >= 0.6 is 11.3 Å². The van der Waals surface area contributed by atoms with Crippen LogP contribution in [0.5, 0.6) is 0 Å². The first-order chi connectivity index (χ1) is 9.65. The first-order valence-corrected chi connectivity index (χ1v) is 7.83. The molecule has 0 bridgehead atoms. The summed E-state index contributed by atoms with van der Waals surface area (Å²) >= 11 is 1.72. The molecule has 108 valence electrons. The summed E-state index contributed by atoms with van der Waals surface area (Å²) in [6, 6.07) is 2.14. The van der Waals surface area contributed by atoms with Gasteiger partial charge in [-0.15, -0.1) is 0 Å². The van der Waals surface area contributed by atoms with E-state index in [4.69, 9.17) is 0 Å². The molecule has 4 nitrogen and oxygen atoms in total. The third-order valence-corrected chi connectivity index (χ3v) is 3.67. The molecule has 2 aromatic heterocycles. The molecule has 0 aromatic carbocycles. The van der Waals surface area contributed by atoms with Crippen LogP contribution in [-0.2, 0) is 13.1 Å². The number of hydrogen-bond acceptors (Lipinski definition) is 5. The molecule has 2 heterocycles. The Bertz CT molecular complexity index is 493. The molecule has 0 amide bonds. The number of rotatable bonds is 7. The number of anilines is 1. The third-order valence-electron chi connectivity index (χ3n) is 2.94. The Morgan fingerprint density at radius 3 is 2.75 bits per heavy atom. The summed E-state index contributed by atoms with van der Waals surface area (Å²) in [6.07, 6.45) is 3.70. The molecule has 0 saturated carbocycles. The monoisotopic (exact) mass is 290 g/mol. The third kappa shape index (κ3) is 4.58. The van der Waals surface area contributed by atoms with E-state index >= 15 is 0 Å². The fourth-order valence-electron chi connectivity index (χ4n) is 1.86. The zero-order chi connectivity index (χ0) is 14.4. The zero-order valence-electron chi connectivity index (χ0n) is 12.3. The molecule has 2 aromatic rings. The van der Waals surface area contributed by atoms with Crippen molar-refractivity contribution in [1.82, 2.24) is 15.3 Å². The second-order valence-electron chi connectivity index (χ2n) is 5.38. The summed E-state index contributed by atoms with van der Waals surface area (Å²) in [5, 5.41) is 7.63. The van der Waals surface area contributed by atoms with Gasteiger partial charge in [0.25, 0.3) is 0 Å². The van der Waals surface area contributed by atoms with Gasteiger partial charge in [0.05, 0.1) is 18.1 Å². The Labute approximate surface area is 124 Å². The van der Waals surface area contributed by atoms with Gasteiger partial charge in [-0.05, 0) is 34.9 Å². The van der Waals surface area contributed by atoms with Crippen molar-refractivity contribution in [2.75, 3.05) is 18.5 Å². The van der Waals surface area contributed by atoms with E-state index < -0.39 is 0 Å². The Kier molecular flexibility index (Phi) is 5.49. The Morgan fingerprint density at radius 2 is 2.15 bits per heavy atom. The zero-order valence-corrected chi connectivity index (χ0v) is 13.2. The van der Waals surface area contributed by atoms with Crippen molar-refractivity contribution in [1.29, 1.82) is 0 Å². The molecule has 0 fully saturated rings. The van der Waals surface area contributed by atoms with Crippen LogP contribution in [0.3, 0.4) is 0 Å².